The maximum atomic E-state index is 5.94. The Morgan fingerprint density at radius 2 is 0.909 bits per heavy atom. The summed E-state index contributed by atoms with van der Waals surface area (Å²) in [5.74, 6) is 0. The van der Waals surface area contributed by atoms with E-state index in [0.29, 0.717) is 13.1 Å². The van der Waals surface area contributed by atoms with Gasteiger partial charge in [0.1, 0.15) is 0 Å². The molecule has 0 saturated carbocycles. The molecule has 1 aliphatic rings. The number of benzene rings is 2. The fraction of sp³-hybridized carbons (Fsp3) is 0.297. The van der Waals surface area contributed by atoms with Crippen LogP contribution in [0, 0.1) is 6.92 Å². The van der Waals surface area contributed by atoms with E-state index in [0.717, 1.165) is 69.7 Å². The van der Waals surface area contributed by atoms with Crippen LogP contribution in [0.25, 0.3) is 0 Å². The molecule has 2 N–H and O–H groups in total. The highest BCUT2D eigenvalue weighted by Gasteiger charge is 2.15. The second-order valence-corrected chi connectivity index (χ2v) is 11.5. The van der Waals surface area contributed by atoms with Crippen LogP contribution < -0.4 is 5.73 Å². The van der Waals surface area contributed by atoms with Crippen LogP contribution in [-0.2, 0) is 12.8 Å². The van der Waals surface area contributed by atoms with Crippen molar-refractivity contribution >= 4 is 28.5 Å². The maximum Gasteiger partial charge on any atom is 0.0845 e. The van der Waals surface area contributed by atoms with Gasteiger partial charge in [-0.1, -0.05) is 54.1 Å². The number of hydrogen-bond acceptors (Lipinski definition) is 7. The van der Waals surface area contributed by atoms with Crippen molar-refractivity contribution in [1.82, 2.24) is 9.97 Å². The van der Waals surface area contributed by atoms with E-state index in [1.54, 1.807) is 0 Å². The predicted octanol–water partition coefficient (Wildman–Crippen LogP) is 6.54. The topological polar surface area (TPSA) is 101 Å². The molecule has 5 rings (SSSR count). The minimum Gasteiger partial charge on any atom is -0.399 e. The highest BCUT2D eigenvalue weighted by Crippen LogP contribution is 2.15. The molecule has 0 amide bonds. The summed E-state index contributed by atoms with van der Waals surface area (Å²) < 4.78 is 0. The number of anilines is 1. The van der Waals surface area contributed by atoms with Crippen LogP contribution in [0.1, 0.15) is 67.2 Å². The normalized spacial score (nSPS) is 17.8. The van der Waals surface area contributed by atoms with Gasteiger partial charge in [0.2, 0.25) is 0 Å². The van der Waals surface area contributed by atoms with Crippen LogP contribution in [0.3, 0.4) is 0 Å². The van der Waals surface area contributed by atoms with E-state index in [1.807, 2.05) is 76.2 Å². The highest BCUT2D eigenvalue weighted by atomic mass is 14.9. The molecule has 0 aliphatic carbocycles. The van der Waals surface area contributed by atoms with Crippen LogP contribution >= 0.6 is 0 Å². The number of rotatable bonds is 4. The van der Waals surface area contributed by atoms with Gasteiger partial charge in [-0.15, -0.1) is 0 Å². The molecule has 2 unspecified atom stereocenters. The van der Waals surface area contributed by atoms with Crippen molar-refractivity contribution in [3.05, 3.63) is 124 Å². The zero-order valence-corrected chi connectivity index (χ0v) is 26.3. The first-order valence-electron chi connectivity index (χ1n) is 15.2. The molecule has 7 heteroatoms. The van der Waals surface area contributed by atoms with E-state index in [4.69, 9.17) is 35.7 Å². The first-order chi connectivity index (χ1) is 21.2. The summed E-state index contributed by atoms with van der Waals surface area (Å²) in [7, 11) is 0. The second-order valence-electron chi connectivity index (χ2n) is 11.5. The first kappa shape index (κ1) is 30.7. The summed E-state index contributed by atoms with van der Waals surface area (Å²) in [6.45, 7) is 11.2. The van der Waals surface area contributed by atoms with Crippen molar-refractivity contribution < 1.29 is 0 Å². The van der Waals surface area contributed by atoms with Crippen LogP contribution in [0.5, 0.6) is 0 Å². The average Bonchev–Trinajstić information content (AvgIpc) is 3.04. The molecule has 7 nitrogen and oxygen atoms in total. The van der Waals surface area contributed by atoms with Gasteiger partial charge in [-0.05, 0) is 95.0 Å². The lowest BCUT2D eigenvalue weighted by Gasteiger charge is -2.15. The summed E-state index contributed by atoms with van der Waals surface area (Å²) in [5.41, 5.74) is 17.2. The number of aliphatic imine (C=N–C) groups is 4. The second kappa shape index (κ2) is 14.1. The number of fused-ring (bicyclic) bond motifs is 4. The van der Waals surface area contributed by atoms with E-state index in [2.05, 4.69) is 43.3 Å². The predicted molar refractivity (Wildman–Crippen MR) is 184 cm³/mol. The van der Waals surface area contributed by atoms with Crippen molar-refractivity contribution in [2.45, 2.75) is 59.5 Å². The molecule has 0 radical (unpaired) electrons. The van der Waals surface area contributed by atoms with E-state index >= 15 is 0 Å². The molecule has 0 spiro atoms. The lowest BCUT2D eigenvalue weighted by Crippen LogP contribution is -2.19. The Morgan fingerprint density at radius 1 is 0.523 bits per heavy atom. The van der Waals surface area contributed by atoms with E-state index < -0.39 is 0 Å². The van der Waals surface area contributed by atoms with E-state index in [9.17, 15) is 0 Å². The smallest absolute Gasteiger partial charge is 0.0845 e. The third kappa shape index (κ3) is 8.19. The number of aryl methyl sites for hydroxylation is 1. The summed E-state index contributed by atoms with van der Waals surface area (Å²) in [6.07, 6.45) is 1.51. The lowest BCUT2D eigenvalue weighted by atomic mass is 10.0. The molecule has 4 aromatic rings. The molecule has 224 valence electrons. The molecule has 2 aromatic carbocycles. The molecule has 0 saturated heterocycles. The Hall–Kier alpha value is -4.78. The molecule has 3 heterocycles. The van der Waals surface area contributed by atoms with Crippen molar-refractivity contribution in [2.24, 2.45) is 20.0 Å². The first-order valence-corrected chi connectivity index (χ1v) is 15.2. The van der Waals surface area contributed by atoms with Gasteiger partial charge in [-0.25, -0.2) is 9.97 Å². The van der Waals surface area contributed by atoms with Crippen molar-refractivity contribution in [1.29, 1.82) is 0 Å². The Morgan fingerprint density at radius 3 is 1.34 bits per heavy atom. The number of hydrogen-bond donors (Lipinski definition) is 1. The number of aromatic nitrogens is 2. The molecule has 44 heavy (non-hydrogen) atoms. The van der Waals surface area contributed by atoms with E-state index in [-0.39, 0.29) is 12.1 Å². The summed E-state index contributed by atoms with van der Waals surface area (Å²) in [5, 5.41) is 0. The van der Waals surface area contributed by atoms with Crippen molar-refractivity contribution in [3.63, 3.8) is 0 Å². The van der Waals surface area contributed by atoms with Crippen LogP contribution in [0.15, 0.2) is 105 Å². The number of nitrogen functional groups attached to an aromatic ring is 1. The van der Waals surface area contributed by atoms with Gasteiger partial charge < -0.3 is 5.73 Å². The van der Waals surface area contributed by atoms with Crippen LogP contribution in [0.4, 0.5) is 5.69 Å². The van der Waals surface area contributed by atoms with Gasteiger partial charge in [0.15, 0.2) is 0 Å². The van der Waals surface area contributed by atoms with Gasteiger partial charge in [-0.3, -0.25) is 20.0 Å². The SMILES string of the molecule is CC1=NCC(Cc2ccc(N)cc2)N=C(C)c2cccc(n2)C(C)=NCC(Cc2ccc(C)cc2)N=C(C)c2cccc1n2. The van der Waals surface area contributed by atoms with Gasteiger partial charge in [0.25, 0.3) is 0 Å². The summed E-state index contributed by atoms with van der Waals surface area (Å²) >= 11 is 0. The zero-order valence-electron chi connectivity index (χ0n) is 26.3. The molecule has 1 aliphatic heterocycles. The molecule has 0 fully saturated rings. The molecular weight excluding hydrogens is 542 g/mol. The van der Waals surface area contributed by atoms with Gasteiger partial charge in [0, 0.05) is 5.69 Å². The van der Waals surface area contributed by atoms with Gasteiger partial charge >= 0.3 is 0 Å². The van der Waals surface area contributed by atoms with Gasteiger partial charge in [0.05, 0.1) is 70.8 Å². The number of nitrogens with zero attached hydrogens (tertiary/aromatic N) is 6. The van der Waals surface area contributed by atoms with Crippen LogP contribution in [-0.4, -0.2) is 58.0 Å². The van der Waals surface area contributed by atoms with Crippen LogP contribution in [0.2, 0.25) is 0 Å². The minimum absolute atomic E-state index is 0.0488. The minimum atomic E-state index is -0.0818. The molecule has 2 aromatic heterocycles. The number of nitrogens with two attached hydrogens (primary N) is 1. The third-order valence-corrected chi connectivity index (χ3v) is 7.85. The quantitative estimate of drug-likeness (QED) is 0.276. The molecule has 2 atom stereocenters. The summed E-state index contributed by atoms with van der Waals surface area (Å²) in [4.78, 5) is 30.2. The maximum absolute atomic E-state index is 5.94. The number of pyridine rings is 2. The standard InChI is InChI=1S/C37H41N7/c1-24-12-14-29(15-13-24)20-32-22-39-25(2)34-8-7-11-37(44-34)28(5)42-33(21-30-16-18-31(38)19-17-30)23-40-26(3)35-9-6-10-36(43-35)27(4)41-32/h6-19,32-33H,20-23,38H2,1-5H3. The Kier molecular flexibility index (Phi) is 9.85. The lowest BCUT2D eigenvalue weighted by molar-refractivity contribution is 0.680. The Balaban J connectivity index is 1.55. The Labute approximate surface area is 260 Å². The van der Waals surface area contributed by atoms with Crippen molar-refractivity contribution in [3.8, 4) is 0 Å². The average molecular weight is 584 g/mol. The monoisotopic (exact) mass is 583 g/mol. The van der Waals surface area contributed by atoms with Gasteiger partial charge in [-0.2, -0.15) is 0 Å². The summed E-state index contributed by atoms with van der Waals surface area (Å²) in [6, 6.07) is 28.6. The Bertz CT molecular complexity index is 1580. The highest BCUT2D eigenvalue weighted by molar-refractivity contribution is 6.02. The van der Waals surface area contributed by atoms with E-state index in [1.165, 1.54) is 11.1 Å². The molecule has 4 bridgehead atoms. The molecular formula is C37H41N7. The largest absolute Gasteiger partial charge is 0.399 e. The van der Waals surface area contributed by atoms with Crippen molar-refractivity contribution in [2.75, 3.05) is 18.8 Å². The fourth-order valence-electron chi connectivity index (χ4n) is 5.23. The third-order valence-electron chi connectivity index (χ3n) is 7.85. The zero-order chi connectivity index (χ0) is 31.1. The fourth-order valence-corrected chi connectivity index (χ4v) is 5.23.